The molecule has 6 nitrogen and oxygen atoms in total. The van der Waals surface area contributed by atoms with Crippen molar-refractivity contribution in [3.8, 4) is 0 Å². The molecule has 0 spiro atoms. The fourth-order valence-corrected chi connectivity index (χ4v) is 3.94. The highest BCUT2D eigenvalue weighted by atomic mass is 127. The summed E-state index contributed by atoms with van der Waals surface area (Å²) >= 11 is 2.08. The molecule has 146 valence electrons. The van der Waals surface area contributed by atoms with E-state index in [1.807, 2.05) is 31.2 Å². The molecule has 8 heteroatoms. The molecule has 1 amide bonds. The first kappa shape index (κ1) is 19.6. The van der Waals surface area contributed by atoms with Crippen LogP contribution in [0.4, 0.5) is 5.82 Å². The molecular weight excluding hydrogens is 486 g/mol. The van der Waals surface area contributed by atoms with Crippen molar-refractivity contribution in [1.82, 2.24) is 13.1 Å². The fourth-order valence-electron chi connectivity index (χ4n) is 3.18. The maximum Gasteiger partial charge on any atom is 0.267 e. The quantitative estimate of drug-likeness (QED) is 0.311. The molecule has 0 bridgehead atoms. The first-order valence-electron chi connectivity index (χ1n) is 9.16. The van der Waals surface area contributed by atoms with E-state index in [1.165, 1.54) is 6.33 Å². The third-order valence-corrected chi connectivity index (χ3v) is 6.91. The van der Waals surface area contributed by atoms with Gasteiger partial charge in [-0.2, -0.15) is 0 Å². The molecule has 1 unspecified atom stereocenters. The lowest BCUT2D eigenvalue weighted by Gasteiger charge is -2.23. The van der Waals surface area contributed by atoms with Crippen LogP contribution in [0.1, 0.15) is 54.4 Å². The maximum absolute atomic E-state index is 13.4. The van der Waals surface area contributed by atoms with Crippen LogP contribution in [0.25, 0.3) is 11.1 Å². The fraction of sp³-hybridized carbons (Fsp3) is 0.350. The highest BCUT2D eigenvalue weighted by molar-refractivity contribution is 14.1. The lowest BCUT2D eigenvalue weighted by atomic mass is 10.1. The van der Waals surface area contributed by atoms with Crippen molar-refractivity contribution in [2.24, 2.45) is 0 Å². The van der Waals surface area contributed by atoms with Crippen LogP contribution in [0, 0.1) is 6.92 Å². The van der Waals surface area contributed by atoms with Gasteiger partial charge in [0.25, 0.3) is 5.91 Å². The van der Waals surface area contributed by atoms with Crippen LogP contribution >= 0.6 is 32.1 Å². The zero-order valence-corrected chi connectivity index (χ0v) is 19.3. The van der Waals surface area contributed by atoms with Crippen LogP contribution in [0.5, 0.6) is 0 Å². The van der Waals surface area contributed by atoms with Gasteiger partial charge in [-0.05, 0) is 44.5 Å². The van der Waals surface area contributed by atoms with E-state index >= 15 is 0 Å². The van der Waals surface area contributed by atoms with Crippen molar-refractivity contribution in [3.63, 3.8) is 0 Å². The van der Waals surface area contributed by atoms with E-state index in [9.17, 15) is 4.79 Å². The molecule has 1 aliphatic carbocycles. The standard InChI is InChI=1S/C20H22IN4O2P/c1-11(13-4-6-14(28)7-5-13)25(21)19(26)15-12(2)27-18-16(15)17(22-10-23-18)24-20(3)8-9-20/h4-7,10-11H,8-9,28H2,1-3H3,(H,22,23,24)/t11-/m1/s1. The Morgan fingerprint density at radius 2 is 2.00 bits per heavy atom. The van der Waals surface area contributed by atoms with E-state index in [0.717, 1.165) is 23.7 Å². The SMILES string of the molecule is Cc1oc2ncnc(NC3(C)CC3)c2c1C(=O)N(I)[C@H](C)c1ccc(P)cc1. The third kappa shape index (κ3) is 3.62. The number of hydrogen-bond donors (Lipinski definition) is 1. The summed E-state index contributed by atoms with van der Waals surface area (Å²) in [6.07, 6.45) is 3.64. The topological polar surface area (TPSA) is 71.3 Å². The Labute approximate surface area is 180 Å². The van der Waals surface area contributed by atoms with E-state index in [-0.39, 0.29) is 17.5 Å². The Kier molecular flexibility index (Phi) is 5.08. The summed E-state index contributed by atoms with van der Waals surface area (Å²) in [6, 6.07) is 8.03. The molecule has 1 saturated carbocycles. The summed E-state index contributed by atoms with van der Waals surface area (Å²) in [5.41, 5.74) is 2.06. The van der Waals surface area contributed by atoms with E-state index in [1.54, 1.807) is 10.0 Å². The van der Waals surface area contributed by atoms with Crippen LogP contribution in [0.2, 0.25) is 0 Å². The molecule has 0 aliphatic heterocycles. The Hall–Kier alpha value is -1.73. The minimum absolute atomic E-state index is 0.0317. The summed E-state index contributed by atoms with van der Waals surface area (Å²) < 4.78 is 7.51. The summed E-state index contributed by atoms with van der Waals surface area (Å²) in [5, 5.41) is 5.23. The predicted octanol–water partition coefficient (Wildman–Crippen LogP) is 4.55. The van der Waals surface area contributed by atoms with Gasteiger partial charge in [-0.1, -0.05) is 24.3 Å². The Morgan fingerprint density at radius 1 is 1.32 bits per heavy atom. The van der Waals surface area contributed by atoms with E-state index in [4.69, 9.17) is 4.42 Å². The minimum atomic E-state index is -0.113. The van der Waals surface area contributed by atoms with Gasteiger partial charge in [0.15, 0.2) is 0 Å². The Bertz CT molecular complexity index is 1050. The summed E-state index contributed by atoms with van der Waals surface area (Å²) in [5.74, 6) is 1.10. The molecule has 0 saturated heterocycles. The molecule has 1 N–H and O–H groups in total. The van der Waals surface area contributed by atoms with Gasteiger partial charge in [0.2, 0.25) is 5.71 Å². The van der Waals surface area contributed by atoms with Gasteiger partial charge in [-0.3, -0.25) is 7.91 Å². The predicted molar refractivity (Wildman–Crippen MR) is 122 cm³/mol. The van der Waals surface area contributed by atoms with Crippen molar-refractivity contribution in [3.05, 3.63) is 47.5 Å². The number of carbonyl (C=O) groups is 1. The summed E-state index contributed by atoms with van der Waals surface area (Å²) in [7, 11) is 2.67. The molecule has 0 radical (unpaired) electrons. The Morgan fingerprint density at radius 3 is 2.64 bits per heavy atom. The minimum Gasteiger partial charge on any atom is -0.442 e. The van der Waals surface area contributed by atoms with Gasteiger partial charge >= 0.3 is 0 Å². The van der Waals surface area contributed by atoms with Crippen LogP contribution in [-0.2, 0) is 0 Å². The number of benzene rings is 1. The molecule has 2 heterocycles. The van der Waals surface area contributed by atoms with E-state index < -0.39 is 0 Å². The molecule has 1 aliphatic rings. The number of halogens is 1. The van der Waals surface area contributed by atoms with Crippen LogP contribution in [-0.4, -0.2) is 24.5 Å². The zero-order chi connectivity index (χ0) is 20.1. The van der Waals surface area contributed by atoms with Crippen molar-refractivity contribution in [1.29, 1.82) is 0 Å². The Balaban J connectivity index is 1.72. The van der Waals surface area contributed by atoms with Crippen molar-refractivity contribution in [2.45, 2.75) is 45.2 Å². The average Bonchev–Trinajstić information content (AvgIpc) is 3.29. The van der Waals surface area contributed by atoms with Gasteiger partial charge < -0.3 is 9.73 Å². The monoisotopic (exact) mass is 508 g/mol. The number of furan rings is 1. The van der Waals surface area contributed by atoms with Gasteiger partial charge in [-0.25, -0.2) is 9.97 Å². The second kappa shape index (κ2) is 7.26. The van der Waals surface area contributed by atoms with Crippen LogP contribution < -0.4 is 10.6 Å². The van der Waals surface area contributed by atoms with Crippen molar-refractivity contribution < 1.29 is 9.21 Å². The number of fused-ring (bicyclic) bond motifs is 1. The number of amides is 1. The number of aromatic nitrogens is 2. The first-order valence-corrected chi connectivity index (χ1v) is 10.7. The number of nitrogens with one attached hydrogen (secondary N) is 1. The molecular formula is C20H22IN4O2P. The molecule has 1 aromatic carbocycles. The third-order valence-electron chi connectivity index (χ3n) is 5.25. The molecule has 2 atom stereocenters. The van der Waals surface area contributed by atoms with Crippen LogP contribution in [0.15, 0.2) is 35.0 Å². The highest BCUT2D eigenvalue weighted by Gasteiger charge is 2.39. The van der Waals surface area contributed by atoms with Gasteiger partial charge in [-0.15, -0.1) is 9.24 Å². The summed E-state index contributed by atoms with van der Waals surface area (Å²) in [6.45, 7) is 5.97. The lowest BCUT2D eigenvalue weighted by Crippen LogP contribution is -2.25. The normalized spacial score (nSPS) is 16.0. The van der Waals surface area contributed by atoms with Crippen molar-refractivity contribution in [2.75, 3.05) is 5.32 Å². The number of rotatable bonds is 5. The molecule has 2 aromatic heterocycles. The first-order chi connectivity index (χ1) is 13.3. The molecule has 1 fully saturated rings. The average molecular weight is 508 g/mol. The second-order valence-corrected chi connectivity index (χ2v) is 9.29. The maximum atomic E-state index is 13.4. The highest BCUT2D eigenvalue weighted by Crippen LogP contribution is 2.41. The number of aryl methyl sites for hydroxylation is 1. The van der Waals surface area contributed by atoms with E-state index in [0.29, 0.717) is 28.2 Å². The largest absolute Gasteiger partial charge is 0.442 e. The summed E-state index contributed by atoms with van der Waals surface area (Å²) in [4.78, 5) is 22.1. The smallest absolute Gasteiger partial charge is 0.267 e. The zero-order valence-electron chi connectivity index (χ0n) is 16.0. The van der Waals surface area contributed by atoms with Crippen molar-refractivity contribution >= 4 is 60.2 Å². The number of anilines is 1. The van der Waals surface area contributed by atoms with Gasteiger partial charge in [0, 0.05) is 5.54 Å². The van der Waals surface area contributed by atoms with Gasteiger partial charge in [0.1, 0.15) is 17.9 Å². The second-order valence-electron chi connectivity index (χ2n) is 7.58. The van der Waals surface area contributed by atoms with Gasteiger partial charge in [0.05, 0.1) is 39.9 Å². The molecule has 4 rings (SSSR count). The van der Waals surface area contributed by atoms with E-state index in [2.05, 4.69) is 54.3 Å². The molecule has 28 heavy (non-hydrogen) atoms. The number of nitrogens with zero attached hydrogens (tertiary/aromatic N) is 3. The van der Waals surface area contributed by atoms with Crippen LogP contribution in [0.3, 0.4) is 0 Å². The molecule has 3 aromatic rings. The lowest BCUT2D eigenvalue weighted by molar-refractivity contribution is 0.0861. The number of carbonyl (C=O) groups excluding carboxylic acids is 1. The number of hydrogen-bond acceptors (Lipinski definition) is 5.